The molecule has 0 saturated carbocycles. The third kappa shape index (κ3) is 5.54. The third-order valence-electron chi connectivity index (χ3n) is 7.33. The van der Waals surface area contributed by atoms with E-state index in [1.165, 1.54) is 17.7 Å². The quantitative estimate of drug-likeness (QED) is 0.519. The Labute approximate surface area is 220 Å². The van der Waals surface area contributed by atoms with Crippen LogP contribution in [-0.2, 0) is 18.3 Å². The van der Waals surface area contributed by atoms with Crippen LogP contribution in [0, 0.1) is 5.82 Å². The Morgan fingerprint density at radius 3 is 2.56 bits per heavy atom. The second-order valence-electron chi connectivity index (χ2n) is 9.42. The largest absolute Gasteiger partial charge is 0.464 e. The summed E-state index contributed by atoms with van der Waals surface area (Å²) < 4.78 is 20.3. The average molecular weight is 540 g/mol. The zero-order chi connectivity index (χ0) is 26.0. The third-order valence-corrected chi connectivity index (χ3v) is 7.82. The van der Waals surface area contributed by atoms with Gasteiger partial charge in [-0.25, -0.2) is 14.2 Å². The van der Waals surface area contributed by atoms with Crippen LogP contribution in [0.3, 0.4) is 0 Å². The number of rotatable bonds is 6. The number of piperidine rings is 1. The molecule has 0 N–H and O–H groups in total. The van der Waals surface area contributed by atoms with Crippen molar-refractivity contribution in [3.05, 3.63) is 55.8 Å². The first-order valence-corrected chi connectivity index (χ1v) is 13.0. The number of carbonyl (C=O) groups is 1. The van der Waals surface area contributed by atoms with Crippen LogP contribution >= 0.6 is 23.2 Å². The van der Waals surface area contributed by atoms with Gasteiger partial charge in [0.25, 0.3) is 5.56 Å². The average Bonchev–Trinajstić information content (AvgIpc) is 2.88. The van der Waals surface area contributed by atoms with Gasteiger partial charge in [0.15, 0.2) is 5.15 Å². The summed E-state index contributed by atoms with van der Waals surface area (Å²) in [6, 6.07) is 5.60. The summed E-state index contributed by atoms with van der Waals surface area (Å²) in [6.45, 7) is 6.79. The SMILES string of the molecule is CC[C@H]1CN(c2c(Cl)nc(C(=O)OC)c(=O)n2C)CCN1C1CCN(Cc2ccc(Cl)cc2F)CC1. The lowest BCUT2D eigenvalue weighted by atomic mass is 9.98. The van der Waals surface area contributed by atoms with Gasteiger partial charge in [-0.05, 0) is 44.5 Å². The summed E-state index contributed by atoms with van der Waals surface area (Å²) >= 11 is 12.3. The van der Waals surface area contributed by atoms with Crippen molar-refractivity contribution in [2.45, 2.75) is 44.8 Å². The Kier molecular flexibility index (Phi) is 8.55. The fourth-order valence-corrected chi connectivity index (χ4v) is 5.86. The molecule has 2 aliphatic rings. The Morgan fingerprint density at radius 1 is 1.19 bits per heavy atom. The molecule has 0 aliphatic carbocycles. The number of likely N-dealkylation sites (tertiary alicyclic amines) is 1. The molecule has 0 spiro atoms. The van der Waals surface area contributed by atoms with Gasteiger partial charge < -0.3 is 9.64 Å². The Morgan fingerprint density at radius 2 is 1.92 bits per heavy atom. The molecule has 11 heteroatoms. The van der Waals surface area contributed by atoms with Crippen molar-refractivity contribution >= 4 is 35.0 Å². The molecular weight excluding hydrogens is 508 g/mol. The Hall–Kier alpha value is -2.20. The van der Waals surface area contributed by atoms with E-state index in [1.807, 2.05) is 0 Å². The molecule has 2 saturated heterocycles. The van der Waals surface area contributed by atoms with E-state index in [1.54, 1.807) is 19.2 Å². The lowest BCUT2D eigenvalue weighted by Gasteiger charge is -2.48. The predicted octanol–water partition coefficient (Wildman–Crippen LogP) is 3.58. The lowest BCUT2D eigenvalue weighted by Crippen LogP contribution is -2.59. The van der Waals surface area contributed by atoms with Gasteiger partial charge in [-0.15, -0.1) is 0 Å². The Bertz CT molecular complexity index is 1170. The van der Waals surface area contributed by atoms with E-state index < -0.39 is 11.5 Å². The second kappa shape index (κ2) is 11.5. The van der Waals surface area contributed by atoms with Crippen LogP contribution in [-0.4, -0.2) is 77.2 Å². The van der Waals surface area contributed by atoms with Crippen molar-refractivity contribution in [1.29, 1.82) is 0 Å². The fourth-order valence-electron chi connectivity index (χ4n) is 5.37. The van der Waals surface area contributed by atoms with Crippen LogP contribution in [0.1, 0.15) is 42.2 Å². The monoisotopic (exact) mass is 539 g/mol. The predicted molar refractivity (Wildman–Crippen MR) is 139 cm³/mol. The van der Waals surface area contributed by atoms with Crippen LogP contribution in [0.4, 0.5) is 10.2 Å². The number of benzene rings is 1. The Balaban J connectivity index is 1.41. The number of anilines is 1. The molecule has 8 nitrogen and oxygen atoms in total. The van der Waals surface area contributed by atoms with E-state index in [0.717, 1.165) is 38.9 Å². The number of ether oxygens (including phenoxy) is 1. The van der Waals surface area contributed by atoms with Gasteiger partial charge in [0.2, 0.25) is 5.69 Å². The molecule has 36 heavy (non-hydrogen) atoms. The molecule has 3 heterocycles. The maximum absolute atomic E-state index is 14.2. The molecule has 1 aromatic carbocycles. The maximum atomic E-state index is 14.2. The van der Waals surface area contributed by atoms with Crippen LogP contribution in [0.25, 0.3) is 0 Å². The van der Waals surface area contributed by atoms with Gasteiger partial charge >= 0.3 is 5.97 Å². The van der Waals surface area contributed by atoms with Crippen LogP contribution in [0.2, 0.25) is 10.2 Å². The number of aromatic nitrogens is 2. The van der Waals surface area contributed by atoms with Gasteiger partial charge in [0.05, 0.1) is 7.11 Å². The van der Waals surface area contributed by atoms with E-state index in [2.05, 4.69) is 31.3 Å². The molecule has 196 valence electrons. The molecule has 0 amide bonds. The zero-order valence-electron chi connectivity index (χ0n) is 20.8. The minimum Gasteiger partial charge on any atom is -0.464 e. The summed E-state index contributed by atoms with van der Waals surface area (Å²) in [5.74, 6) is -0.536. The van der Waals surface area contributed by atoms with Gasteiger partial charge in [-0.2, -0.15) is 0 Å². The summed E-state index contributed by atoms with van der Waals surface area (Å²) in [4.78, 5) is 35.6. The highest BCUT2D eigenvalue weighted by atomic mass is 35.5. The minimum absolute atomic E-state index is 0.114. The minimum atomic E-state index is -0.801. The topological polar surface area (TPSA) is 70.9 Å². The van der Waals surface area contributed by atoms with E-state index in [0.29, 0.717) is 42.1 Å². The van der Waals surface area contributed by atoms with E-state index >= 15 is 0 Å². The summed E-state index contributed by atoms with van der Waals surface area (Å²) in [5.41, 5.74) is -0.168. The summed E-state index contributed by atoms with van der Waals surface area (Å²) in [5, 5.41) is 0.528. The molecule has 0 radical (unpaired) electrons. The molecule has 0 unspecified atom stereocenters. The number of hydrogen-bond donors (Lipinski definition) is 0. The molecule has 1 aromatic heterocycles. The van der Waals surface area contributed by atoms with Crippen molar-refractivity contribution in [1.82, 2.24) is 19.4 Å². The molecule has 1 atom stereocenters. The highest BCUT2D eigenvalue weighted by Crippen LogP contribution is 2.29. The van der Waals surface area contributed by atoms with Crippen LogP contribution < -0.4 is 10.5 Å². The van der Waals surface area contributed by atoms with Crippen molar-refractivity contribution in [3.8, 4) is 0 Å². The van der Waals surface area contributed by atoms with Gasteiger partial charge in [0, 0.05) is 55.9 Å². The molecule has 4 rings (SSSR count). The second-order valence-corrected chi connectivity index (χ2v) is 10.2. The molecule has 0 bridgehead atoms. The van der Waals surface area contributed by atoms with E-state index in [-0.39, 0.29) is 22.7 Å². The summed E-state index contributed by atoms with van der Waals surface area (Å²) in [6.07, 6.45) is 2.98. The van der Waals surface area contributed by atoms with E-state index in [4.69, 9.17) is 23.2 Å². The fraction of sp³-hybridized carbons (Fsp3) is 0.560. The molecule has 2 fully saturated rings. The highest BCUT2D eigenvalue weighted by molar-refractivity contribution is 6.32. The normalized spacial score (nSPS) is 20.1. The van der Waals surface area contributed by atoms with Crippen molar-refractivity contribution in [2.75, 3.05) is 44.7 Å². The van der Waals surface area contributed by atoms with Crippen LogP contribution in [0.5, 0.6) is 0 Å². The number of hydrogen-bond acceptors (Lipinski definition) is 7. The number of nitrogens with zero attached hydrogens (tertiary/aromatic N) is 5. The smallest absolute Gasteiger partial charge is 0.362 e. The van der Waals surface area contributed by atoms with Crippen molar-refractivity contribution in [3.63, 3.8) is 0 Å². The molecular formula is C25H32Cl2FN5O3. The molecule has 2 aliphatic heterocycles. The first kappa shape index (κ1) is 26.9. The van der Waals surface area contributed by atoms with Gasteiger partial charge in [0.1, 0.15) is 11.6 Å². The highest BCUT2D eigenvalue weighted by Gasteiger charge is 2.35. The first-order chi connectivity index (χ1) is 17.2. The summed E-state index contributed by atoms with van der Waals surface area (Å²) in [7, 11) is 2.81. The van der Waals surface area contributed by atoms with Gasteiger partial charge in [-0.1, -0.05) is 36.2 Å². The zero-order valence-corrected chi connectivity index (χ0v) is 22.4. The van der Waals surface area contributed by atoms with Crippen LogP contribution in [0.15, 0.2) is 23.0 Å². The molecule has 2 aromatic rings. The number of carbonyl (C=O) groups excluding carboxylic acids is 1. The van der Waals surface area contributed by atoms with Gasteiger partial charge in [-0.3, -0.25) is 19.2 Å². The van der Waals surface area contributed by atoms with E-state index in [9.17, 15) is 14.0 Å². The standard InChI is InChI=1S/C25H32Cl2FN5O3/c1-4-18-15-32(23-22(27)29-21(25(35)36-3)24(34)30(23)2)11-12-33(18)19-7-9-31(10-8-19)14-16-5-6-17(26)13-20(16)28/h5-6,13,18-19H,4,7-12,14-15H2,1-3H3/t18-/m0/s1. The first-order valence-electron chi connectivity index (χ1n) is 12.2. The number of piperazine rings is 1. The van der Waals surface area contributed by atoms with Crippen molar-refractivity contribution in [2.24, 2.45) is 7.05 Å². The lowest BCUT2D eigenvalue weighted by molar-refractivity contribution is 0.0588. The number of esters is 1. The van der Waals surface area contributed by atoms with Crippen molar-refractivity contribution < 1.29 is 13.9 Å². The maximum Gasteiger partial charge on any atom is 0.362 e. The number of halogens is 3. The number of methoxy groups -OCH3 is 1.